The topological polar surface area (TPSA) is 87.8 Å². The van der Waals surface area contributed by atoms with Crippen molar-refractivity contribution < 1.29 is 4.79 Å². The zero-order chi connectivity index (χ0) is 18.1. The molecule has 0 bridgehead atoms. The fourth-order valence-corrected chi connectivity index (χ4v) is 5.31. The normalized spacial score (nSPS) is 13.8. The lowest BCUT2D eigenvalue weighted by atomic mass is 10.1. The number of carbonyl (C=O) groups excluding carboxylic acids is 1. The lowest BCUT2D eigenvalue weighted by molar-refractivity contribution is -0.116. The van der Waals surface area contributed by atoms with Gasteiger partial charge in [0.2, 0.25) is 5.91 Å². The summed E-state index contributed by atoms with van der Waals surface area (Å²) in [5.41, 5.74) is 2.09. The Balaban J connectivity index is 1.57. The van der Waals surface area contributed by atoms with Crippen LogP contribution in [0.1, 0.15) is 35.3 Å². The average Bonchev–Trinajstić information content (AvgIpc) is 3.16. The first-order chi connectivity index (χ1) is 12.7. The molecule has 1 aliphatic rings. The van der Waals surface area contributed by atoms with E-state index in [-0.39, 0.29) is 18.0 Å². The third-order valence-electron chi connectivity index (χ3n) is 4.54. The molecule has 3 heterocycles. The monoisotopic (exact) mass is 384 g/mol. The van der Waals surface area contributed by atoms with Crippen LogP contribution in [0.3, 0.4) is 0 Å². The van der Waals surface area contributed by atoms with Crippen molar-refractivity contribution in [3.63, 3.8) is 0 Å². The number of aromatic nitrogens is 2. The molecule has 4 rings (SSSR count). The number of hydrogen-bond acceptors (Lipinski definition) is 6. The average molecular weight is 384 g/mol. The van der Waals surface area contributed by atoms with Gasteiger partial charge in [-0.3, -0.25) is 14.2 Å². The van der Waals surface area contributed by atoms with Gasteiger partial charge in [-0.2, -0.15) is 5.26 Å². The fourth-order valence-electron chi connectivity index (χ4n) is 3.26. The van der Waals surface area contributed by atoms with E-state index < -0.39 is 0 Å². The van der Waals surface area contributed by atoms with E-state index in [0.29, 0.717) is 20.8 Å². The number of amides is 1. The van der Waals surface area contributed by atoms with Gasteiger partial charge in [0.25, 0.3) is 5.56 Å². The minimum absolute atomic E-state index is 0.118. The number of nitriles is 1. The number of nitrogens with one attached hydrogen (secondary N) is 1. The van der Waals surface area contributed by atoms with Gasteiger partial charge in [0.15, 0.2) is 0 Å². The Bertz CT molecular complexity index is 1090. The summed E-state index contributed by atoms with van der Waals surface area (Å²) in [4.78, 5) is 30.3. The number of anilines is 1. The Kier molecular flexibility index (Phi) is 4.57. The molecular weight excluding hydrogens is 368 g/mol. The number of fused-ring (bicyclic) bond motifs is 2. The maximum absolute atomic E-state index is 12.5. The number of thiophene rings is 2. The molecule has 0 aromatic carbocycles. The zero-order valence-corrected chi connectivity index (χ0v) is 15.6. The van der Waals surface area contributed by atoms with Crippen molar-refractivity contribution in [3.05, 3.63) is 44.1 Å². The van der Waals surface area contributed by atoms with E-state index in [1.807, 2.05) is 0 Å². The summed E-state index contributed by atoms with van der Waals surface area (Å²) in [6, 6.07) is 4.03. The third kappa shape index (κ3) is 3.04. The Morgan fingerprint density at radius 3 is 3.04 bits per heavy atom. The van der Waals surface area contributed by atoms with Crippen LogP contribution < -0.4 is 10.9 Å². The molecule has 8 heteroatoms. The predicted octanol–water partition coefficient (Wildman–Crippen LogP) is 3.30. The number of aryl methyl sites for hydroxylation is 1. The van der Waals surface area contributed by atoms with Gasteiger partial charge in [-0.15, -0.1) is 22.7 Å². The van der Waals surface area contributed by atoms with Crippen molar-refractivity contribution in [2.75, 3.05) is 5.32 Å². The van der Waals surface area contributed by atoms with Gasteiger partial charge >= 0.3 is 0 Å². The molecule has 3 aromatic heterocycles. The highest BCUT2D eigenvalue weighted by molar-refractivity contribution is 7.17. The van der Waals surface area contributed by atoms with Crippen molar-refractivity contribution in [2.24, 2.45) is 0 Å². The first kappa shape index (κ1) is 16.9. The second-order valence-electron chi connectivity index (χ2n) is 6.24. The first-order valence-corrected chi connectivity index (χ1v) is 10.1. The molecule has 0 radical (unpaired) electrons. The van der Waals surface area contributed by atoms with E-state index in [1.54, 1.807) is 11.4 Å². The van der Waals surface area contributed by atoms with Crippen LogP contribution >= 0.6 is 22.7 Å². The largest absolute Gasteiger partial charge is 0.315 e. The summed E-state index contributed by atoms with van der Waals surface area (Å²) in [7, 11) is 0. The van der Waals surface area contributed by atoms with Crippen molar-refractivity contribution in [3.8, 4) is 6.07 Å². The Hall–Kier alpha value is -2.50. The van der Waals surface area contributed by atoms with E-state index in [1.165, 1.54) is 44.9 Å². The number of hydrogen-bond donors (Lipinski definition) is 1. The number of carbonyl (C=O) groups is 1. The predicted molar refractivity (Wildman–Crippen MR) is 103 cm³/mol. The van der Waals surface area contributed by atoms with Crippen LogP contribution in [-0.2, 0) is 24.2 Å². The lowest BCUT2D eigenvalue weighted by Gasteiger charge is -2.06. The maximum Gasteiger partial charge on any atom is 0.271 e. The Morgan fingerprint density at radius 1 is 1.35 bits per heavy atom. The fraction of sp³-hybridized carbons (Fsp3) is 0.333. The van der Waals surface area contributed by atoms with E-state index in [0.717, 1.165) is 31.2 Å². The van der Waals surface area contributed by atoms with Crippen LogP contribution in [0.15, 0.2) is 22.6 Å². The number of nitrogens with zero attached hydrogens (tertiary/aromatic N) is 3. The summed E-state index contributed by atoms with van der Waals surface area (Å²) >= 11 is 2.81. The molecule has 0 saturated heterocycles. The molecule has 6 nitrogen and oxygen atoms in total. The van der Waals surface area contributed by atoms with Crippen LogP contribution in [0.5, 0.6) is 0 Å². The van der Waals surface area contributed by atoms with E-state index in [9.17, 15) is 14.9 Å². The van der Waals surface area contributed by atoms with Crippen molar-refractivity contribution in [2.45, 2.75) is 38.6 Å². The van der Waals surface area contributed by atoms with Gasteiger partial charge in [0, 0.05) is 4.88 Å². The standard InChI is InChI=1S/C18H16N4O2S2/c19-8-12-11-4-2-1-3-5-14(11)26-17(12)21-15(23)9-22-10-20-13-6-7-25-16(13)18(22)24/h6-7,10H,1-5,9H2,(H,21,23). The van der Waals surface area contributed by atoms with Crippen LogP contribution in [0.25, 0.3) is 10.2 Å². The highest BCUT2D eigenvalue weighted by atomic mass is 32.1. The van der Waals surface area contributed by atoms with E-state index in [2.05, 4.69) is 16.4 Å². The van der Waals surface area contributed by atoms with Crippen LogP contribution in [0, 0.1) is 11.3 Å². The summed E-state index contributed by atoms with van der Waals surface area (Å²) < 4.78 is 1.85. The zero-order valence-electron chi connectivity index (χ0n) is 13.9. The molecule has 1 aliphatic carbocycles. The molecule has 0 fully saturated rings. The van der Waals surface area contributed by atoms with Crippen LogP contribution in [0.4, 0.5) is 5.00 Å². The van der Waals surface area contributed by atoms with Gasteiger partial charge in [-0.25, -0.2) is 4.98 Å². The van der Waals surface area contributed by atoms with Gasteiger partial charge in [-0.1, -0.05) is 6.42 Å². The molecule has 0 spiro atoms. The first-order valence-electron chi connectivity index (χ1n) is 8.44. The summed E-state index contributed by atoms with van der Waals surface area (Å²) in [5.74, 6) is -0.322. The molecule has 26 heavy (non-hydrogen) atoms. The van der Waals surface area contributed by atoms with Crippen LogP contribution in [0.2, 0.25) is 0 Å². The van der Waals surface area contributed by atoms with Gasteiger partial charge in [-0.05, 0) is 42.7 Å². The molecule has 1 amide bonds. The molecular formula is C18H16N4O2S2. The minimum atomic E-state index is -0.322. The molecule has 0 unspecified atom stereocenters. The van der Waals surface area contributed by atoms with E-state index in [4.69, 9.17) is 0 Å². The molecule has 0 aliphatic heterocycles. The Morgan fingerprint density at radius 2 is 2.19 bits per heavy atom. The highest BCUT2D eigenvalue weighted by Gasteiger charge is 2.21. The number of rotatable bonds is 3. The molecule has 3 aromatic rings. The molecule has 132 valence electrons. The quantitative estimate of drug-likeness (QED) is 0.702. The molecule has 0 atom stereocenters. The van der Waals surface area contributed by atoms with Crippen molar-refractivity contribution >= 4 is 43.8 Å². The molecule has 0 saturated carbocycles. The van der Waals surface area contributed by atoms with Gasteiger partial charge in [0.05, 0.1) is 17.4 Å². The second kappa shape index (κ2) is 7.02. The second-order valence-corrected chi connectivity index (χ2v) is 8.26. The van der Waals surface area contributed by atoms with Crippen molar-refractivity contribution in [1.29, 1.82) is 5.26 Å². The Labute approximate surface area is 157 Å². The smallest absolute Gasteiger partial charge is 0.271 e. The van der Waals surface area contributed by atoms with Crippen LogP contribution in [-0.4, -0.2) is 15.5 Å². The van der Waals surface area contributed by atoms with Crippen molar-refractivity contribution in [1.82, 2.24) is 9.55 Å². The van der Waals surface area contributed by atoms with Gasteiger partial charge in [0.1, 0.15) is 22.3 Å². The summed E-state index contributed by atoms with van der Waals surface area (Å²) in [5, 5.41) is 14.8. The summed E-state index contributed by atoms with van der Waals surface area (Å²) in [6.07, 6.45) is 6.62. The summed E-state index contributed by atoms with van der Waals surface area (Å²) in [6.45, 7) is -0.118. The third-order valence-corrected chi connectivity index (χ3v) is 6.63. The van der Waals surface area contributed by atoms with E-state index >= 15 is 0 Å². The maximum atomic E-state index is 12.5. The van der Waals surface area contributed by atoms with Gasteiger partial charge < -0.3 is 5.32 Å². The minimum Gasteiger partial charge on any atom is -0.315 e. The molecule has 1 N–H and O–H groups in total. The SMILES string of the molecule is N#Cc1c(NC(=O)Cn2cnc3ccsc3c2=O)sc2c1CCCCC2. The highest BCUT2D eigenvalue weighted by Crippen LogP contribution is 2.36. The lowest BCUT2D eigenvalue weighted by Crippen LogP contribution is -2.27.